The number of nitrogens with zero attached hydrogens (tertiary/aromatic N) is 1. The van der Waals surface area contributed by atoms with Crippen LogP contribution in [0.3, 0.4) is 0 Å². The summed E-state index contributed by atoms with van der Waals surface area (Å²) in [7, 11) is 0. The molecule has 92 valence electrons. The quantitative estimate of drug-likeness (QED) is 0.764. The molecule has 1 aromatic rings. The van der Waals surface area contributed by atoms with Crippen LogP contribution in [0.2, 0.25) is 0 Å². The molecule has 0 aromatic heterocycles. The Bertz CT molecular complexity index is 405. The van der Waals surface area contributed by atoms with E-state index >= 15 is 0 Å². The molecule has 4 nitrogen and oxygen atoms in total. The summed E-state index contributed by atoms with van der Waals surface area (Å²) in [5.41, 5.74) is 7.61. The molecule has 1 unspecified atom stereocenters. The van der Waals surface area contributed by atoms with Gasteiger partial charge in [-0.1, -0.05) is 12.1 Å². The Labute approximate surface area is 102 Å². The van der Waals surface area contributed by atoms with Crippen LogP contribution < -0.4 is 11.1 Å². The number of nitrogens with two attached hydrogens (primary N) is 1. The molecular formula is C13H19N3O. The summed E-state index contributed by atoms with van der Waals surface area (Å²) in [6.07, 6.45) is 2.13. The fourth-order valence-electron chi connectivity index (χ4n) is 2.23. The van der Waals surface area contributed by atoms with Crippen LogP contribution >= 0.6 is 0 Å². The van der Waals surface area contributed by atoms with Crippen molar-refractivity contribution in [1.82, 2.24) is 4.90 Å². The first-order valence-corrected chi connectivity index (χ1v) is 6.03. The van der Waals surface area contributed by atoms with Crippen molar-refractivity contribution in [2.24, 2.45) is 0 Å². The van der Waals surface area contributed by atoms with Gasteiger partial charge in [-0.15, -0.1) is 0 Å². The second-order valence-corrected chi connectivity index (χ2v) is 4.54. The molecule has 2 rings (SSSR count). The average Bonchev–Trinajstić information content (AvgIpc) is 2.32. The number of likely N-dealkylation sites (tertiary alicyclic amines) is 1. The molecule has 1 aromatic carbocycles. The summed E-state index contributed by atoms with van der Waals surface area (Å²) in [5, 5.41) is 3.42. The molecule has 17 heavy (non-hydrogen) atoms. The number of anilines is 2. The number of piperidine rings is 1. The largest absolute Gasteiger partial charge is 0.397 e. The van der Waals surface area contributed by atoms with E-state index < -0.39 is 0 Å². The molecule has 1 aliphatic rings. The van der Waals surface area contributed by atoms with Crippen LogP contribution in [0.5, 0.6) is 0 Å². The van der Waals surface area contributed by atoms with Crippen molar-refractivity contribution in [3.63, 3.8) is 0 Å². The van der Waals surface area contributed by atoms with Gasteiger partial charge in [-0.3, -0.25) is 4.79 Å². The number of nitrogens with one attached hydrogen (secondary N) is 1. The van der Waals surface area contributed by atoms with Crippen LogP contribution in [-0.4, -0.2) is 29.9 Å². The highest BCUT2D eigenvalue weighted by atomic mass is 16.2. The van der Waals surface area contributed by atoms with Crippen LogP contribution in [0.25, 0.3) is 0 Å². The van der Waals surface area contributed by atoms with Gasteiger partial charge in [0.2, 0.25) is 5.91 Å². The van der Waals surface area contributed by atoms with E-state index in [1.165, 1.54) is 0 Å². The number of rotatable bonds is 2. The van der Waals surface area contributed by atoms with Crippen molar-refractivity contribution in [1.29, 1.82) is 0 Å². The normalized spacial score (nSPS) is 20.1. The second-order valence-electron chi connectivity index (χ2n) is 4.54. The Morgan fingerprint density at radius 1 is 1.47 bits per heavy atom. The van der Waals surface area contributed by atoms with Crippen LogP contribution in [0.1, 0.15) is 19.8 Å². The molecule has 1 saturated heterocycles. The number of carbonyl (C=O) groups is 1. The smallest absolute Gasteiger partial charge is 0.219 e. The standard InChI is InChI=1S/C13H19N3O/c1-10(17)16-8-4-5-11(9-16)15-13-7-3-2-6-12(13)14/h2-3,6-7,11,15H,4-5,8-9,14H2,1H3. The van der Waals surface area contributed by atoms with Gasteiger partial charge in [-0.05, 0) is 25.0 Å². The molecule has 1 amide bonds. The molecule has 1 atom stereocenters. The van der Waals surface area contributed by atoms with Gasteiger partial charge < -0.3 is 16.0 Å². The SMILES string of the molecule is CC(=O)N1CCCC(Nc2ccccc2N)C1. The highest BCUT2D eigenvalue weighted by Crippen LogP contribution is 2.21. The monoisotopic (exact) mass is 233 g/mol. The van der Waals surface area contributed by atoms with Gasteiger partial charge in [0.25, 0.3) is 0 Å². The van der Waals surface area contributed by atoms with E-state index in [4.69, 9.17) is 5.73 Å². The summed E-state index contributed by atoms with van der Waals surface area (Å²) >= 11 is 0. The maximum atomic E-state index is 11.3. The lowest BCUT2D eigenvalue weighted by molar-refractivity contribution is -0.129. The van der Waals surface area contributed by atoms with Gasteiger partial charge in [-0.25, -0.2) is 0 Å². The van der Waals surface area contributed by atoms with Crippen molar-refractivity contribution in [2.75, 3.05) is 24.1 Å². The molecule has 0 aliphatic carbocycles. The molecular weight excluding hydrogens is 214 g/mol. The third-order valence-electron chi connectivity index (χ3n) is 3.19. The number of para-hydroxylation sites is 2. The van der Waals surface area contributed by atoms with Gasteiger partial charge in [-0.2, -0.15) is 0 Å². The fraction of sp³-hybridized carbons (Fsp3) is 0.462. The van der Waals surface area contributed by atoms with Crippen LogP contribution in [0, 0.1) is 0 Å². The van der Waals surface area contributed by atoms with Gasteiger partial charge in [0.1, 0.15) is 0 Å². The van der Waals surface area contributed by atoms with Gasteiger partial charge in [0.15, 0.2) is 0 Å². The molecule has 0 radical (unpaired) electrons. The Morgan fingerprint density at radius 3 is 2.94 bits per heavy atom. The lowest BCUT2D eigenvalue weighted by Crippen LogP contribution is -2.44. The van der Waals surface area contributed by atoms with Gasteiger partial charge >= 0.3 is 0 Å². The van der Waals surface area contributed by atoms with E-state index in [0.29, 0.717) is 6.04 Å². The highest BCUT2D eigenvalue weighted by molar-refractivity contribution is 5.73. The number of benzene rings is 1. The zero-order chi connectivity index (χ0) is 12.3. The predicted molar refractivity (Wildman–Crippen MR) is 69.8 cm³/mol. The summed E-state index contributed by atoms with van der Waals surface area (Å²) in [4.78, 5) is 13.2. The molecule has 0 spiro atoms. The first-order chi connectivity index (χ1) is 8.16. The van der Waals surface area contributed by atoms with E-state index in [1.54, 1.807) is 6.92 Å². The van der Waals surface area contributed by atoms with Crippen molar-refractivity contribution in [2.45, 2.75) is 25.8 Å². The number of carbonyl (C=O) groups excluding carboxylic acids is 1. The van der Waals surface area contributed by atoms with E-state index in [0.717, 1.165) is 37.3 Å². The molecule has 3 N–H and O–H groups in total. The minimum atomic E-state index is 0.150. The second kappa shape index (κ2) is 5.08. The first kappa shape index (κ1) is 11.8. The summed E-state index contributed by atoms with van der Waals surface area (Å²) in [6, 6.07) is 8.04. The molecule has 0 saturated carbocycles. The average molecular weight is 233 g/mol. The highest BCUT2D eigenvalue weighted by Gasteiger charge is 2.21. The van der Waals surface area contributed by atoms with Gasteiger partial charge in [0, 0.05) is 26.1 Å². The van der Waals surface area contributed by atoms with Crippen molar-refractivity contribution < 1.29 is 4.79 Å². The molecule has 4 heteroatoms. The zero-order valence-corrected chi connectivity index (χ0v) is 10.1. The molecule has 1 heterocycles. The maximum Gasteiger partial charge on any atom is 0.219 e. The minimum absolute atomic E-state index is 0.150. The third kappa shape index (κ3) is 2.90. The van der Waals surface area contributed by atoms with Crippen LogP contribution in [0.4, 0.5) is 11.4 Å². The topological polar surface area (TPSA) is 58.4 Å². The third-order valence-corrected chi connectivity index (χ3v) is 3.19. The molecule has 0 bridgehead atoms. The fourth-order valence-corrected chi connectivity index (χ4v) is 2.23. The Morgan fingerprint density at radius 2 is 2.24 bits per heavy atom. The Hall–Kier alpha value is -1.71. The number of hydrogen-bond acceptors (Lipinski definition) is 3. The van der Waals surface area contributed by atoms with Crippen LogP contribution in [-0.2, 0) is 4.79 Å². The lowest BCUT2D eigenvalue weighted by atomic mass is 10.1. The Balaban J connectivity index is 1.99. The van der Waals surface area contributed by atoms with E-state index in [2.05, 4.69) is 5.32 Å². The van der Waals surface area contributed by atoms with Crippen molar-refractivity contribution in [3.8, 4) is 0 Å². The van der Waals surface area contributed by atoms with E-state index in [9.17, 15) is 4.79 Å². The summed E-state index contributed by atoms with van der Waals surface area (Å²) in [5.74, 6) is 0.150. The van der Waals surface area contributed by atoms with Crippen molar-refractivity contribution >= 4 is 17.3 Å². The van der Waals surface area contributed by atoms with Gasteiger partial charge in [0.05, 0.1) is 11.4 Å². The summed E-state index contributed by atoms with van der Waals surface area (Å²) < 4.78 is 0. The zero-order valence-electron chi connectivity index (χ0n) is 10.1. The molecule has 1 fully saturated rings. The Kier molecular flexibility index (Phi) is 3.52. The van der Waals surface area contributed by atoms with E-state index in [1.807, 2.05) is 29.2 Å². The van der Waals surface area contributed by atoms with Crippen molar-refractivity contribution in [3.05, 3.63) is 24.3 Å². The number of amides is 1. The number of nitrogen functional groups attached to an aromatic ring is 1. The number of hydrogen-bond donors (Lipinski definition) is 2. The lowest BCUT2D eigenvalue weighted by Gasteiger charge is -2.33. The molecule has 1 aliphatic heterocycles. The van der Waals surface area contributed by atoms with Crippen LogP contribution in [0.15, 0.2) is 24.3 Å². The summed E-state index contributed by atoms with van der Waals surface area (Å²) in [6.45, 7) is 3.26. The maximum absolute atomic E-state index is 11.3. The minimum Gasteiger partial charge on any atom is -0.397 e. The predicted octanol–water partition coefficient (Wildman–Crippen LogP) is 1.69. The first-order valence-electron chi connectivity index (χ1n) is 6.03. The van der Waals surface area contributed by atoms with E-state index in [-0.39, 0.29) is 5.91 Å².